The molecule has 0 saturated carbocycles. The van der Waals surface area contributed by atoms with Crippen molar-refractivity contribution < 1.29 is 9.59 Å². The van der Waals surface area contributed by atoms with Gasteiger partial charge in [-0.15, -0.1) is 0 Å². The molecule has 0 aliphatic carbocycles. The number of likely N-dealkylation sites (N-methyl/N-ethyl adjacent to an activating group) is 1. The fourth-order valence-electron chi connectivity index (χ4n) is 2.22. The number of anilines is 1. The molecular weight excluding hydrogens is 427 g/mol. The van der Waals surface area contributed by atoms with Crippen LogP contribution in [0.1, 0.15) is 11.1 Å². The quantitative estimate of drug-likeness (QED) is 0.727. The van der Waals surface area contributed by atoms with Crippen molar-refractivity contribution >= 4 is 56.6 Å². The van der Waals surface area contributed by atoms with E-state index in [1.165, 1.54) is 4.90 Å². The number of halogens is 3. The molecule has 4 nitrogen and oxygen atoms in total. The third-order valence-electron chi connectivity index (χ3n) is 3.61. The molecule has 2 rings (SSSR count). The second-order valence-corrected chi connectivity index (χ2v) is 7.41. The highest BCUT2D eigenvalue weighted by molar-refractivity contribution is 9.10. The standard InChI is InChI=1S/C18H17BrCl2N2O2/c1-11-7-13(19)4-6-16(11)22-17(24)10-23(2)18(25)9-12-3-5-14(20)15(21)8-12/h3-8H,9-10H2,1-2H3,(H,22,24). The Balaban J connectivity index is 1.93. The summed E-state index contributed by atoms with van der Waals surface area (Å²) in [6.07, 6.45) is 0.151. The van der Waals surface area contributed by atoms with E-state index in [0.29, 0.717) is 10.0 Å². The first-order valence-electron chi connectivity index (χ1n) is 7.50. The van der Waals surface area contributed by atoms with Gasteiger partial charge in [0.2, 0.25) is 11.8 Å². The van der Waals surface area contributed by atoms with Crippen molar-refractivity contribution in [1.29, 1.82) is 0 Å². The molecular formula is C18H17BrCl2N2O2. The average molecular weight is 444 g/mol. The maximum Gasteiger partial charge on any atom is 0.243 e. The number of nitrogens with one attached hydrogen (secondary N) is 1. The van der Waals surface area contributed by atoms with Crippen LogP contribution in [0.2, 0.25) is 10.0 Å². The summed E-state index contributed by atoms with van der Waals surface area (Å²) in [5, 5.41) is 3.65. The maximum atomic E-state index is 12.3. The number of carbonyl (C=O) groups is 2. The number of hydrogen-bond acceptors (Lipinski definition) is 2. The van der Waals surface area contributed by atoms with E-state index in [0.717, 1.165) is 21.3 Å². The topological polar surface area (TPSA) is 49.4 Å². The predicted octanol–water partition coefficient (Wildman–Crippen LogP) is 4.70. The van der Waals surface area contributed by atoms with Crippen molar-refractivity contribution in [2.75, 3.05) is 18.9 Å². The summed E-state index contributed by atoms with van der Waals surface area (Å²) in [5.74, 6) is -0.434. The van der Waals surface area contributed by atoms with E-state index in [1.54, 1.807) is 25.2 Å². The molecule has 0 aliphatic heterocycles. The zero-order valence-electron chi connectivity index (χ0n) is 13.8. The Kier molecular flexibility index (Phi) is 6.87. The fourth-order valence-corrected chi connectivity index (χ4v) is 3.02. The van der Waals surface area contributed by atoms with Crippen LogP contribution in [-0.2, 0) is 16.0 Å². The number of benzene rings is 2. The summed E-state index contributed by atoms with van der Waals surface area (Å²) in [6, 6.07) is 10.6. The van der Waals surface area contributed by atoms with Gasteiger partial charge in [0, 0.05) is 17.2 Å². The SMILES string of the molecule is Cc1cc(Br)ccc1NC(=O)CN(C)C(=O)Cc1ccc(Cl)c(Cl)c1. The van der Waals surface area contributed by atoms with Crippen LogP contribution in [0, 0.1) is 6.92 Å². The molecule has 0 bridgehead atoms. The Bertz CT molecular complexity index is 812. The lowest BCUT2D eigenvalue weighted by atomic mass is 10.1. The monoisotopic (exact) mass is 442 g/mol. The summed E-state index contributed by atoms with van der Waals surface area (Å²) in [5.41, 5.74) is 2.40. The summed E-state index contributed by atoms with van der Waals surface area (Å²) in [7, 11) is 1.59. The molecule has 1 N–H and O–H groups in total. The largest absolute Gasteiger partial charge is 0.336 e. The Morgan fingerprint density at radius 3 is 2.48 bits per heavy atom. The van der Waals surface area contributed by atoms with Crippen LogP contribution in [-0.4, -0.2) is 30.3 Å². The molecule has 0 saturated heterocycles. The second-order valence-electron chi connectivity index (χ2n) is 5.68. The van der Waals surface area contributed by atoms with Crippen LogP contribution in [0.3, 0.4) is 0 Å². The fraction of sp³-hybridized carbons (Fsp3) is 0.222. The van der Waals surface area contributed by atoms with E-state index in [2.05, 4.69) is 21.2 Å². The molecule has 0 spiro atoms. The smallest absolute Gasteiger partial charge is 0.243 e. The molecule has 0 atom stereocenters. The number of aryl methyl sites for hydroxylation is 1. The second kappa shape index (κ2) is 8.70. The highest BCUT2D eigenvalue weighted by atomic mass is 79.9. The molecule has 0 radical (unpaired) electrons. The van der Waals surface area contributed by atoms with E-state index in [4.69, 9.17) is 23.2 Å². The van der Waals surface area contributed by atoms with Crippen LogP contribution < -0.4 is 5.32 Å². The minimum atomic E-state index is -0.254. The number of rotatable bonds is 5. The molecule has 2 aromatic carbocycles. The maximum absolute atomic E-state index is 12.3. The molecule has 0 aliphatic rings. The molecule has 2 amide bonds. The highest BCUT2D eigenvalue weighted by Gasteiger charge is 2.15. The molecule has 7 heteroatoms. The van der Waals surface area contributed by atoms with Crippen LogP contribution in [0.4, 0.5) is 5.69 Å². The number of carbonyl (C=O) groups excluding carboxylic acids is 2. The van der Waals surface area contributed by atoms with Gasteiger partial charge >= 0.3 is 0 Å². The average Bonchev–Trinajstić information content (AvgIpc) is 2.53. The molecule has 25 heavy (non-hydrogen) atoms. The summed E-state index contributed by atoms with van der Waals surface area (Å²) >= 11 is 15.2. The molecule has 0 aromatic heterocycles. The molecule has 132 valence electrons. The third kappa shape index (κ3) is 5.73. The summed E-state index contributed by atoms with van der Waals surface area (Å²) in [4.78, 5) is 25.8. The first-order chi connectivity index (χ1) is 11.8. The van der Waals surface area contributed by atoms with E-state index in [1.807, 2.05) is 25.1 Å². The van der Waals surface area contributed by atoms with Gasteiger partial charge in [0.15, 0.2) is 0 Å². The predicted molar refractivity (Wildman–Crippen MR) is 105 cm³/mol. The van der Waals surface area contributed by atoms with Gasteiger partial charge < -0.3 is 10.2 Å². The van der Waals surface area contributed by atoms with Crippen molar-refractivity contribution in [3.63, 3.8) is 0 Å². The van der Waals surface area contributed by atoms with Crippen LogP contribution in [0.5, 0.6) is 0 Å². The van der Waals surface area contributed by atoms with Gasteiger partial charge in [0.25, 0.3) is 0 Å². The lowest BCUT2D eigenvalue weighted by molar-refractivity contribution is -0.132. The highest BCUT2D eigenvalue weighted by Crippen LogP contribution is 2.23. The van der Waals surface area contributed by atoms with Crippen LogP contribution in [0.15, 0.2) is 40.9 Å². The molecule has 0 heterocycles. The third-order valence-corrected chi connectivity index (χ3v) is 4.84. The first-order valence-corrected chi connectivity index (χ1v) is 9.05. The Morgan fingerprint density at radius 2 is 1.84 bits per heavy atom. The summed E-state index contributed by atoms with van der Waals surface area (Å²) in [6.45, 7) is 1.87. The van der Waals surface area contributed by atoms with E-state index < -0.39 is 0 Å². The molecule has 0 unspecified atom stereocenters. The van der Waals surface area contributed by atoms with E-state index in [9.17, 15) is 9.59 Å². The van der Waals surface area contributed by atoms with Crippen molar-refractivity contribution in [1.82, 2.24) is 4.90 Å². The van der Waals surface area contributed by atoms with Gasteiger partial charge in [0.05, 0.1) is 23.0 Å². The van der Waals surface area contributed by atoms with Gasteiger partial charge in [-0.3, -0.25) is 9.59 Å². The Hall–Kier alpha value is -1.56. The Labute approximate surface area is 165 Å². The molecule has 2 aromatic rings. The van der Waals surface area contributed by atoms with Crippen LogP contribution >= 0.6 is 39.1 Å². The zero-order valence-corrected chi connectivity index (χ0v) is 16.9. The van der Waals surface area contributed by atoms with Gasteiger partial charge in [-0.05, 0) is 48.4 Å². The van der Waals surface area contributed by atoms with Crippen molar-refractivity contribution in [3.8, 4) is 0 Å². The lowest BCUT2D eigenvalue weighted by Gasteiger charge is -2.17. The zero-order chi connectivity index (χ0) is 18.6. The van der Waals surface area contributed by atoms with E-state index in [-0.39, 0.29) is 24.8 Å². The van der Waals surface area contributed by atoms with Crippen molar-refractivity contribution in [3.05, 3.63) is 62.0 Å². The number of nitrogens with zero attached hydrogens (tertiary/aromatic N) is 1. The van der Waals surface area contributed by atoms with Crippen LogP contribution in [0.25, 0.3) is 0 Å². The van der Waals surface area contributed by atoms with Crippen molar-refractivity contribution in [2.45, 2.75) is 13.3 Å². The van der Waals surface area contributed by atoms with Crippen molar-refractivity contribution in [2.24, 2.45) is 0 Å². The number of hydrogen-bond donors (Lipinski definition) is 1. The first kappa shape index (κ1) is 19.8. The van der Waals surface area contributed by atoms with Gasteiger partial charge in [-0.1, -0.05) is 45.2 Å². The minimum Gasteiger partial charge on any atom is -0.336 e. The van der Waals surface area contributed by atoms with Gasteiger partial charge in [-0.25, -0.2) is 0 Å². The Morgan fingerprint density at radius 1 is 1.12 bits per heavy atom. The lowest BCUT2D eigenvalue weighted by Crippen LogP contribution is -2.35. The minimum absolute atomic E-state index is 0.0321. The van der Waals surface area contributed by atoms with Gasteiger partial charge in [-0.2, -0.15) is 0 Å². The number of amides is 2. The summed E-state index contributed by atoms with van der Waals surface area (Å²) < 4.78 is 0.942. The normalized spacial score (nSPS) is 10.4. The van der Waals surface area contributed by atoms with Gasteiger partial charge in [0.1, 0.15) is 0 Å². The van der Waals surface area contributed by atoms with E-state index >= 15 is 0 Å². The molecule has 0 fully saturated rings.